The molecule has 0 radical (unpaired) electrons. The van der Waals surface area contributed by atoms with Crippen LogP contribution in [0.2, 0.25) is 0 Å². The van der Waals surface area contributed by atoms with Gasteiger partial charge in [0.2, 0.25) is 5.95 Å². The Bertz CT molecular complexity index is 352. The Morgan fingerprint density at radius 3 is 2.76 bits per heavy atom. The van der Waals surface area contributed by atoms with E-state index in [1.807, 2.05) is 12.4 Å². The van der Waals surface area contributed by atoms with Crippen molar-refractivity contribution in [2.24, 2.45) is 5.73 Å². The molecule has 94 valence electrons. The predicted octanol–water partition coefficient (Wildman–Crippen LogP) is 0.764. The van der Waals surface area contributed by atoms with Crippen molar-refractivity contribution < 1.29 is 4.74 Å². The van der Waals surface area contributed by atoms with E-state index in [0.29, 0.717) is 19.1 Å². The fourth-order valence-electron chi connectivity index (χ4n) is 1.84. The molecule has 1 saturated heterocycles. The Balaban J connectivity index is 2.06. The molecule has 0 bridgehead atoms. The molecule has 1 aromatic heterocycles. The van der Waals surface area contributed by atoms with Crippen LogP contribution in [0.1, 0.15) is 25.3 Å². The summed E-state index contributed by atoms with van der Waals surface area (Å²) in [6.45, 7) is 7.11. The molecule has 1 aliphatic heterocycles. The minimum atomic E-state index is 0.0946. The second-order valence-electron chi connectivity index (χ2n) is 4.65. The van der Waals surface area contributed by atoms with Crippen LogP contribution >= 0.6 is 0 Å². The molecule has 2 N–H and O–H groups in total. The normalized spacial score (nSPS) is 20.9. The van der Waals surface area contributed by atoms with Crippen LogP contribution in [0.25, 0.3) is 0 Å². The zero-order valence-corrected chi connectivity index (χ0v) is 10.5. The molecule has 0 saturated carbocycles. The van der Waals surface area contributed by atoms with Gasteiger partial charge in [-0.25, -0.2) is 9.97 Å². The summed E-state index contributed by atoms with van der Waals surface area (Å²) in [5, 5.41) is 0. The zero-order valence-electron chi connectivity index (χ0n) is 10.5. The van der Waals surface area contributed by atoms with E-state index in [9.17, 15) is 0 Å². The van der Waals surface area contributed by atoms with Crippen molar-refractivity contribution in [2.45, 2.75) is 25.9 Å². The van der Waals surface area contributed by atoms with Crippen LogP contribution in [0.3, 0.4) is 0 Å². The lowest BCUT2D eigenvalue weighted by Crippen LogP contribution is -2.46. The molecule has 2 rings (SSSR count). The molecular formula is C12H20N4O. The monoisotopic (exact) mass is 236 g/mol. The number of hydrogen-bond acceptors (Lipinski definition) is 5. The summed E-state index contributed by atoms with van der Waals surface area (Å²) < 4.78 is 5.52. The number of hydrogen-bond donors (Lipinski definition) is 1. The highest BCUT2D eigenvalue weighted by atomic mass is 16.5. The van der Waals surface area contributed by atoms with E-state index in [0.717, 1.165) is 24.6 Å². The summed E-state index contributed by atoms with van der Waals surface area (Å²) in [6.07, 6.45) is 3.90. The highest BCUT2D eigenvalue weighted by Gasteiger charge is 2.21. The molecule has 5 nitrogen and oxygen atoms in total. The predicted molar refractivity (Wildman–Crippen MR) is 67.1 cm³/mol. The van der Waals surface area contributed by atoms with Crippen molar-refractivity contribution in [1.29, 1.82) is 0 Å². The van der Waals surface area contributed by atoms with Gasteiger partial charge in [-0.05, 0) is 11.5 Å². The molecule has 0 spiro atoms. The standard InChI is InChI=1S/C12H20N4O/c1-9(2)10-6-14-12(15-7-10)16-3-4-17-11(5-13)8-16/h6-7,9,11H,3-5,8,13H2,1-2H3. The van der Waals surface area contributed by atoms with E-state index in [1.165, 1.54) is 0 Å². The Kier molecular flexibility index (Phi) is 3.91. The smallest absolute Gasteiger partial charge is 0.225 e. The molecule has 0 aromatic carbocycles. The van der Waals surface area contributed by atoms with Crippen LogP contribution in [0.15, 0.2) is 12.4 Å². The van der Waals surface area contributed by atoms with Crippen molar-refractivity contribution in [3.63, 3.8) is 0 Å². The highest BCUT2D eigenvalue weighted by Crippen LogP contribution is 2.16. The maximum atomic E-state index is 5.61. The summed E-state index contributed by atoms with van der Waals surface area (Å²) in [4.78, 5) is 11.0. The second-order valence-corrected chi connectivity index (χ2v) is 4.65. The van der Waals surface area contributed by atoms with Crippen molar-refractivity contribution in [3.8, 4) is 0 Å². The molecule has 0 amide bonds. The lowest BCUT2D eigenvalue weighted by Gasteiger charge is -2.32. The van der Waals surface area contributed by atoms with Gasteiger partial charge in [0, 0.05) is 32.0 Å². The summed E-state index contributed by atoms with van der Waals surface area (Å²) in [7, 11) is 0. The Morgan fingerprint density at radius 2 is 2.18 bits per heavy atom. The van der Waals surface area contributed by atoms with Gasteiger partial charge in [-0.2, -0.15) is 0 Å². The minimum absolute atomic E-state index is 0.0946. The van der Waals surface area contributed by atoms with E-state index < -0.39 is 0 Å². The van der Waals surface area contributed by atoms with Gasteiger partial charge in [0.15, 0.2) is 0 Å². The molecule has 1 aliphatic rings. The molecular weight excluding hydrogens is 216 g/mol. The Labute approximate surface area is 102 Å². The number of anilines is 1. The van der Waals surface area contributed by atoms with E-state index in [-0.39, 0.29) is 6.10 Å². The largest absolute Gasteiger partial charge is 0.373 e. The zero-order chi connectivity index (χ0) is 12.3. The van der Waals surface area contributed by atoms with Crippen LogP contribution in [-0.2, 0) is 4.74 Å². The SMILES string of the molecule is CC(C)c1cnc(N2CCOC(CN)C2)nc1. The van der Waals surface area contributed by atoms with Gasteiger partial charge in [0.05, 0.1) is 12.7 Å². The molecule has 5 heteroatoms. The van der Waals surface area contributed by atoms with Crippen LogP contribution < -0.4 is 10.6 Å². The van der Waals surface area contributed by atoms with Crippen molar-refractivity contribution >= 4 is 5.95 Å². The summed E-state index contributed by atoms with van der Waals surface area (Å²) in [5.74, 6) is 1.24. The molecule has 1 aromatic rings. The molecule has 1 unspecified atom stereocenters. The number of rotatable bonds is 3. The van der Waals surface area contributed by atoms with E-state index in [4.69, 9.17) is 10.5 Å². The molecule has 2 heterocycles. The van der Waals surface area contributed by atoms with Gasteiger partial charge in [-0.15, -0.1) is 0 Å². The quantitative estimate of drug-likeness (QED) is 0.839. The summed E-state index contributed by atoms with van der Waals surface area (Å²) >= 11 is 0. The average Bonchev–Trinajstić information content (AvgIpc) is 2.39. The molecule has 1 fully saturated rings. The summed E-state index contributed by atoms with van der Waals surface area (Å²) in [5.41, 5.74) is 6.78. The minimum Gasteiger partial charge on any atom is -0.373 e. The van der Waals surface area contributed by atoms with Crippen LogP contribution in [0, 0.1) is 0 Å². The van der Waals surface area contributed by atoms with Gasteiger partial charge in [-0.1, -0.05) is 13.8 Å². The first-order valence-electron chi connectivity index (χ1n) is 6.09. The van der Waals surface area contributed by atoms with E-state index >= 15 is 0 Å². The number of ether oxygens (including phenoxy) is 1. The summed E-state index contributed by atoms with van der Waals surface area (Å²) in [6, 6.07) is 0. The third kappa shape index (κ3) is 2.92. The van der Waals surface area contributed by atoms with Gasteiger partial charge < -0.3 is 15.4 Å². The third-order valence-corrected chi connectivity index (χ3v) is 3.01. The van der Waals surface area contributed by atoms with Crippen molar-refractivity contribution in [1.82, 2.24) is 9.97 Å². The van der Waals surface area contributed by atoms with E-state index in [2.05, 4.69) is 28.7 Å². The first-order valence-corrected chi connectivity index (χ1v) is 6.09. The second kappa shape index (κ2) is 5.42. The topological polar surface area (TPSA) is 64.3 Å². The maximum absolute atomic E-state index is 5.61. The first-order chi connectivity index (χ1) is 8.20. The van der Waals surface area contributed by atoms with Gasteiger partial charge in [0.1, 0.15) is 0 Å². The van der Waals surface area contributed by atoms with Crippen LogP contribution in [-0.4, -0.2) is 42.3 Å². The maximum Gasteiger partial charge on any atom is 0.225 e. The van der Waals surface area contributed by atoms with Crippen LogP contribution in [0.4, 0.5) is 5.95 Å². The van der Waals surface area contributed by atoms with Crippen LogP contribution in [0.5, 0.6) is 0 Å². The molecule has 17 heavy (non-hydrogen) atoms. The molecule has 1 atom stereocenters. The number of nitrogens with zero attached hydrogens (tertiary/aromatic N) is 3. The van der Waals surface area contributed by atoms with Gasteiger partial charge in [0.25, 0.3) is 0 Å². The van der Waals surface area contributed by atoms with Gasteiger partial charge in [-0.3, -0.25) is 0 Å². The van der Waals surface area contributed by atoms with Crippen molar-refractivity contribution in [3.05, 3.63) is 18.0 Å². The lowest BCUT2D eigenvalue weighted by atomic mass is 10.1. The lowest BCUT2D eigenvalue weighted by molar-refractivity contribution is 0.0460. The van der Waals surface area contributed by atoms with Crippen molar-refractivity contribution in [2.75, 3.05) is 31.1 Å². The number of aromatic nitrogens is 2. The number of nitrogens with two attached hydrogens (primary N) is 1. The molecule has 0 aliphatic carbocycles. The van der Waals surface area contributed by atoms with Gasteiger partial charge >= 0.3 is 0 Å². The third-order valence-electron chi connectivity index (χ3n) is 3.01. The fourth-order valence-corrected chi connectivity index (χ4v) is 1.84. The first kappa shape index (κ1) is 12.3. The average molecular weight is 236 g/mol. The number of morpholine rings is 1. The highest BCUT2D eigenvalue weighted by molar-refractivity contribution is 5.31. The van der Waals surface area contributed by atoms with E-state index in [1.54, 1.807) is 0 Å². The fraction of sp³-hybridized carbons (Fsp3) is 0.667. The Hall–Kier alpha value is -1.20. The Morgan fingerprint density at radius 1 is 1.47 bits per heavy atom.